The van der Waals surface area contributed by atoms with Crippen molar-refractivity contribution in [1.82, 2.24) is 5.32 Å². The zero-order valence-electron chi connectivity index (χ0n) is 23.6. The van der Waals surface area contributed by atoms with Gasteiger partial charge in [0.2, 0.25) is 0 Å². The minimum absolute atomic E-state index is 0.00532. The van der Waals surface area contributed by atoms with Crippen LogP contribution in [0.3, 0.4) is 0 Å². The van der Waals surface area contributed by atoms with E-state index in [-0.39, 0.29) is 24.4 Å². The first-order valence-corrected chi connectivity index (χ1v) is 13.9. The number of carbonyl (C=O) groups excluding carboxylic acids is 1. The summed E-state index contributed by atoms with van der Waals surface area (Å²) in [5.41, 5.74) is 12.3. The molecular formula is C32H34N4O4. The first-order chi connectivity index (χ1) is 19.2. The summed E-state index contributed by atoms with van der Waals surface area (Å²) < 4.78 is 4.94. The fraction of sp³-hybridized carbons (Fsp3) is 0.375. The fourth-order valence-electron chi connectivity index (χ4n) is 6.43. The molecule has 0 aromatic heterocycles. The van der Waals surface area contributed by atoms with E-state index in [1.54, 1.807) is 0 Å². The highest BCUT2D eigenvalue weighted by Crippen LogP contribution is 2.44. The van der Waals surface area contributed by atoms with Crippen molar-refractivity contribution in [3.8, 4) is 0 Å². The van der Waals surface area contributed by atoms with Crippen molar-refractivity contribution in [3.05, 3.63) is 92.0 Å². The van der Waals surface area contributed by atoms with E-state index in [1.807, 2.05) is 31.2 Å². The number of fused-ring (bicyclic) bond motifs is 5. The lowest BCUT2D eigenvalue weighted by molar-refractivity contribution is -0.140. The molecule has 0 aromatic carbocycles. The predicted molar refractivity (Wildman–Crippen MR) is 156 cm³/mol. The number of aliphatic hydroxyl groups excluding tert-OH is 2. The Morgan fingerprint density at radius 3 is 2.45 bits per heavy atom. The second-order valence-electron chi connectivity index (χ2n) is 11.0. The quantitative estimate of drug-likeness (QED) is 0.416. The number of nitrogens with one attached hydrogen (secondary N) is 1. The first kappa shape index (κ1) is 26.2. The Morgan fingerprint density at radius 1 is 1.05 bits per heavy atom. The summed E-state index contributed by atoms with van der Waals surface area (Å²) in [5.74, 6) is 0.114. The minimum Gasteiger partial charge on any atom is -0.511 e. The molecule has 1 fully saturated rings. The third-order valence-electron chi connectivity index (χ3n) is 8.82. The number of rotatable bonds is 5. The third-order valence-corrected chi connectivity index (χ3v) is 8.82. The molecule has 1 aliphatic carbocycles. The van der Waals surface area contributed by atoms with Gasteiger partial charge in [-0.05, 0) is 67.7 Å². The van der Waals surface area contributed by atoms with Crippen LogP contribution >= 0.6 is 0 Å². The van der Waals surface area contributed by atoms with Gasteiger partial charge in [0.25, 0.3) is 0 Å². The lowest BCUT2D eigenvalue weighted by atomic mass is 9.86. The monoisotopic (exact) mass is 538 g/mol. The molecule has 40 heavy (non-hydrogen) atoms. The van der Waals surface area contributed by atoms with E-state index in [2.05, 4.69) is 26.1 Å². The first-order valence-electron chi connectivity index (χ1n) is 13.9. The Bertz CT molecular complexity index is 1600. The molecule has 0 aromatic rings. The van der Waals surface area contributed by atoms with Crippen LogP contribution in [0.1, 0.15) is 53.4 Å². The topological polar surface area (TPSA) is 116 Å². The van der Waals surface area contributed by atoms with Gasteiger partial charge in [0.05, 0.1) is 47.9 Å². The molecule has 8 bridgehead atoms. The molecule has 3 N–H and O–H groups in total. The summed E-state index contributed by atoms with van der Waals surface area (Å²) in [5, 5.41) is 24.9. The van der Waals surface area contributed by atoms with Gasteiger partial charge in [-0.2, -0.15) is 0 Å². The van der Waals surface area contributed by atoms with Crippen molar-refractivity contribution in [2.24, 2.45) is 26.8 Å². The van der Waals surface area contributed by atoms with Crippen molar-refractivity contribution in [2.75, 3.05) is 13.7 Å². The van der Waals surface area contributed by atoms with Crippen LogP contribution in [0.4, 0.5) is 0 Å². The molecule has 0 spiro atoms. The van der Waals surface area contributed by atoms with Gasteiger partial charge in [-0.1, -0.05) is 13.8 Å². The normalized spacial score (nSPS) is 25.1. The highest BCUT2D eigenvalue weighted by Gasteiger charge is 2.40. The highest BCUT2D eigenvalue weighted by molar-refractivity contribution is 6.20. The molecule has 0 amide bonds. The smallest absolute Gasteiger partial charge is 0.305 e. The Kier molecular flexibility index (Phi) is 6.45. The van der Waals surface area contributed by atoms with Crippen molar-refractivity contribution in [2.45, 2.75) is 53.4 Å². The maximum atomic E-state index is 12.1. The Morgan fingerprint density at radius 2 is 1.75 bits per heavy atom. The molecule has 206 valence electrons. The summed E-state index contributed by atoms with van der Waals surface area (Å²) in [6.07, 6.45) is 10.0. The molecular weight excluding hydrogens is 504 g/mol. The maximum absolute atomic E-state index is 12.1. The second kappa shape index (κ2) is 9.86. The van der Waals surface area contributed by atoms with Gasteiger partial charge in [-0.25, -0.2) is 15.0 Å². The summed E-state index contributed by atoms with van der Waals surface area (Å²) in [4.78, 5) is 27.0. The van der Waals surface area contributed by atoms with Crippen molar-refractivity contribution in [3.63, 3.8) is 0 Å². The molecule has 0 radical (unpaired) electrons. The summed E-state index contributed by atoms with van der Waals surface area (Å²) in [6, 6.07) is 0. The minimum atomic E-state index is -0.248. The van der Waals surface area contributed by atoms with Gasteiger partial charge in [-0.3, -0.25) is 4.79 Å². The number of aliphatic hydroxyl groups is 2. The second-order valence-corrected chi connectivity index (χ2v) is 11.0. The van der Waals surface area contributed by atoms with Crippen LogP contribution in [0, 0.1) is 11.8 Å². The van der Waals surface area contributed by atoms with Gasteiger partial charge < -0.3 is 20.3 Å². The maximum Gasteiger partial charge on any atom is 0.305 e. The standard InChI is InChI=1S/C32H34N4O4/c1-6-19-15(2)25-13-28-23(14-37)17(4)24(35-28)12-26-16(3)20(7-8-30(39)40-5)31(36-26)22-11-29(38)21-9-18(33-32(21)22)10-27(19)34-25/h9-10,12-13,16,20,36-38H,6-8,11,14H2,1-5H3/t16-,20-/m0/s1. The summed E-state index contributed by atoms with van der Waals surface area (Å²) in [7, 11) is 1.41. The van der Waals surface area contributed by atoms with Crippen molar-refractivity contribution >= 4 is 23.1 Å². The average Bonchev–Trinajstić information content (AvgIpc) is 3.70. The van der Waals surface area contributed by atoms with Gasteiger partial charge in [0.15, 0.2) is 0 Å². The Balaban J connectivity index is 1.57. The van der Waals surface area contributed by atoms with E-state index in [4.69, 9.17) is 19.7 Å². The SMILES string of the molecule is CCC1=C(C)C2=NC1=CC1=CC3=C(O)CC(=C4NC(=CC5=NC(=C2)C(CO)=C5C)[C@@H](C)[C@@H]4CCC(=O)OC)C3=N1. The zero-order valence-corrected chi connectivity index (χ0v) is 23.6. The molecule has 8 nitrogen and oxygen atoms in total. The number of aliphatic imine (C=N–C) groups is 3. The predicted octanol–water partition coefficient (Wildman–Crippen LogP) is 5.21. The summed E-state index contributed by atoms with van der Waals surface area (Å²) in [6.45, 7) is 8.19. The number of nitrogens with zero attached hydrogens (tertiary/aromatic N) is 3. The molecule has 6 rings (SSSR count). The van der Waals surface area contributed by atoms with E-state index in [0.29, 0.717) is 25.0 Å². The number of hydrogen-bond donors (Lipinski definition) is 3. The molecule has 6 aliphatic rings. The van der Waals surface area contributed by atoms with Gasteiger partial charge in [0.1, 0.15) is 5.76 Å². The number of methoxy groups -OCH3 is 1. The van der Waals surface area contributed by atoms with Crippen molar-refractivity contribution in [1.29, 1.82) is 0 Å². The van der Waals surface area contributed by atoms with Crippen LogP contribution in [-0.4, -0.2) is 47.0 Å². The van der Waals surface area contributed by atoms with E-state index >= 15 is 0 Å². The van der Waals surface area contributed by atoms with E-state index in [0.717, 1.165) is 85.5 Å². The number of allylic oxidation sites excluding steroid dienone is 11. The van der Waals surface area contributed by atoms with Crippen LogP contribution in [0.25, 0.3) is 0 Å². The molecule has 8 heteroatoms. The Labute approximate surface area is 234 Å². The molecule has 0 unspecified atom stereocenters. The van der Waals surface area contributed by atoms with Crippen LogP contribution in [0.5, 0.6) is 0 Å². The molecule has 0 saturated carbocycles. The fourth-order valence-corrected chi connectivity index (χ4v) is 6.43. The number of hydrogen-bond acceptors (Lipinski definition) is 8. The van der Waals surface area contributed by atoms with E-state index in [1.165, 1.54) is 7.11 Å². The van der Waals surface area contributed by atoms with Crippen LogP contribution < -0.4 is 5.32 Å². The van der Waals surface area contributed by atoms with Crippen LogP contribution in [0.15, 0.2) is 107 Å². The number of esters is 1. The number of ether oxygens (including phenoxy) is 1. The van der Waals surface area contributed by atoms with E-state index in [9.17, 15) is 15.0 Å². The van der Waals surface area contributed by atoms with Crippen LogP contribution in [0.2, 0.25) is 0 Å². The van der Waals surface area contributed by atoms with Crippen LogP contribution in [-0.2, 0) is 9.53 Å². The lowest BCUT2D eigenvalue weighted by Crippen LogP contribution is -2.15. The highest BCUT2D eigenvalue weighted by atomic mass is 16.5. The van der Waals surface area contributed by atoms with Gasteiger partial charge in [0, 0.05) is 52.8 Å². The molecule has 1 saturated heterocycles. The number of carbonyl (C=O) groups is 1. The zero-order chi connectivity index (χ0) is 28.3. The van der Waals surface area contributed by atoms with Gasteiger partial charge >= 0.3 is 5.97 Å². The third kappa shape index (κ3) is 4.09. The van der Waals surface area contributed by atoms with E-state index < -0.39 is 0 Å². The average molecular weight is 539 g/mol. The van der Waals surface area contributed by atoms with Gasteiger partial charge in [-0.15, -0.1) is 0 Å². The largest absolute Gasteiger partial charge is 0.511 e. The molecule has 5 heterocycles. The Hall–Kier alpha value is -4.04. The molecule has 5 aliphatic heterocycles. The lowest BCUT2D eigenvalue weighted by Gasteiger charge is -2.17. The molecule has 2 atom stereocenters. The van der Waals surface area contributed by atoms with Crippen molar-refractivity contribution < 1.29 is 19.7 Å². The summed E-state index contributed by atoms with van der Waals surface area (Å²) >= 11 is 0.